The molecule has 0 aliphatic rings. The van der Waals surface area contributed by atoms with E-state index in [9.17, 15) is 0 Å². The monoisotopic (exact) mass is 217 g/mol. The number of pyridine rings is 1. The van der Waals surface area contributed by atoms with E-state index in [1.54, 1.807) is 6.20 Å². The molecule has 0 aromatic carbocycles. The summed E-state index contributed by atoms with van der Waals surface area (Å²) in [5.74, 6) is 0.783. The standard InChI is InChI=1S/C12H15N3O/c1-3-15-8-12(7-13-15)16-9-11-6-4-5-10(2)14-11/h4-8H,3,9H2,1-2H3. The van der Waals surface area contributed by atoms with Crippen molar-refractivity contribution in [2.45, 2.75) is 27.0 Å². The SMILES string of the molecule is CCn1cc(OCc2cccc(C)n2)cn1. The normalized spacial score (nSPS) is 10.4. The lowest BCUT2D eigenvalue weighted by Gasteiger charge is -2.03. The molecule has 0 fully saturated rings. The summed E-state index contributed by atoms with van der Waals surface area (Å²) >= 11 is 0. The molecule has 2 heterocycles. The van der Waals surface area contributed by atoms with E-state index in [2.05, 4.69) is 10.1 Å². The van der Waals surface area contributed by atoms with Gasteiger partial charge in [-0.25, -0.2) is 0 Å². The Morgan fingerprint density at radius 1 is 1.38 bits per heavy atom. The van der Waals surface area contributed by atoms with E-state index in [0.29, 0.717) is 6.61 Å². The van der Waals surface area contributed by atoms with Crippen molar-refractivity contribution in [2.75, 3.05) is 0 Å². The first-order chi connectivity index (χ1) is 7.78. The third-order valence-corrected chi connectivity index (χ3v) is 2.27. The summed E-state index contributed by atoms with van der Waals surface area (Å²) in [5.41, 5.74) is 1.94. The molecule has 0 N–H and O–H groups in total. The van der Waals surface area contributed by atoms with Crippen molar-refractivity contribution in [2.24, 2.45) is 0 Å². The number of aryl methyl sites for hydroxylation is 2. The van der Waals surface area contributed by atoms with Gasteiger partial charge in [0.25, 0.3) is 0 Å². The summed E-state index contributed by atoms with van der Waals surface area (Å²) in [6.07, 6.45) is 3.61. The van der Waals surface area contributed by atoms with Crippen molar-refractivity contribution in [3.05, 3.63) is 42.0 Å². The Balaban J connectivity index is 1.96. The Kier molecular flexibility index (Phi) is 3.19. The Bertz CT molecular complexity index is 465. The molecule has 0 aliphatic heterocycles. The van der Waals surface area contributed by atoms with E-state index in [1.807, 2.05) is 42.9 Å². The average Bonchev–Trinajstić information content (AvgIpc) is 2.74. The zero-order valence-corrected chi connectivity index (χ0v) is 9.55. The third kappa shape index (κ3) is 2.59. The first-order valence-corrected chi connectivity index (χ1v) is 5.35. The summed E-state index contributed by atoms with van der Waals surface area (Å²) in [7, 11) is 0. The van der Waals surface area contributed by atoms with Gasteiger partial charge in [-0.3, -0.25) is 9.67 Å². The summed E-state index contributed by atoms with van der Waals surface area (Å²) in [5, 5.41) is 4.14. The van der Waals surface area contributed by atoms with Crippen molar-refractivity contribution >= 4 is 0 Å². The highest BCUT2D eigenvalue weighted by atomic mass is 16.5. The van der Waals surface area contributed by atoms with Crippen LogP contribution in [0.3, 0.4) is 0 Å². The molecular formula is C12H15N3O. The lowest BCUT2D eigenvalue weighted by Crippen LogP contribution is -1.98. The number of rotatable bonds is 4. The predicted molar refractivity (Wildman–Crippen MR) is 61.2 cm³/mol. The Hall–Kier alpha value is -1.84. The summed E-state index contributed by atoms with van der Waals surface area (Å²) in [4.78, 5) is 4.36. The number of aromatic nitrogens is 3. The van der Waals surface area contributed by atoms with Crippen LogP contribution in [0.4, 0.5) is 0 Å². The predicted octanol–water partition coefficient (Wildman–Crippen LogP) is 2.19. The highest BCUT2D eigenvalue weighted by molar-refractivity contribution is 5.14. The van der Waals surface area contributed by atoms with E-state index >= 15 is 0 Å². The van der Waals surface area contributed by atoms with Gasteiger partial charge in [-0.1, -0.05) is 6.07 Å². The van der Waals surface area contributed by atoms with Gasteiger partial charge in [0.2, 0.25) is 0 Å². The quantitative estimate of drug-likeness (QED) is 0.788. The van der Waals surface area contributed by atoms with Gasteiger partial charge < -0.3 is 4.74 Å². The van der Waals surface area contributed by atoms with Crippen LogP contribution in [0.2, 0.25) is 0 Å². The zero-order chi connectivity index (χ0) is 11.4. The van der Waals surface area contributed by atoms with Gasteiger partial charge in [-0.15, -0.1) is 0 Å². The molecule has 2 rings (SSSR count). The molecule has 4 heteroatoms. The molecule has 0 spiro atoms. The first-order valence-electron chi connectivity index (χ1n) is 5.35. The van der Waals surface area contributed by atoms with Crippen molar-refractivity contribution in [1.82, 2.24) is 14.8 Å². The maximum atomic E-state index is 5.58. The summed E-state index contributed by atoms with van der Waals surface area (Å²) in [6.45, 7) is 5.35. The van der Waals surface area contributed by atoms with E-state index in [0.717, 1.165) is 23.7 Å². The zero-order valence-electron chi connectivity index (χ0n) is 9.55. The molecule has 0 saturated carbocycles. The fourth-order valence-electron chi connectivity index (χ4n) is 1.43. The molecule has 4 nitrogen and oxygen atoms in total. The van der Waals surface area contributed by atoms with E-state index in [4.69, 9.17) is 4.74 Å². The highest BCUT2D eigenvalue weighted by Gasteiger charge is 2.00. The van der Waals surface area contributed by atoms with Crippen LogP contribution in [-0.4, -0.2) is 14.8 Å². The van der Waals surface area contributed by atoms with E-state index < -0.39 is 0 Å². The molecule has 0 unspecified atom stereocenters. The smallest absolute Gasteiger partial charge is 0.157 e. The maximum Gasteiger partial charge on any atom is 0.157 e. The van der Waals surface area contributed by atoms with E-state index in [-0.39, 0.29) is 0 Å². The second-order valence-corrected chi connectivity index (χ2v) is 3.59. The number of hydrogen-bond donors (Lipinski definition) is 0. The molecule has 0 aliphatic carbocycles. The minimum Gasteiger partial charge on any atom is -0.484 e. The summed E-state index contributed by atoms with van der Waals surface area (Å²) in [6, 6.07) is 5.91. The first kappa shape index (κ1) is 10.7. The highest BCUT2D eigenvalue weighted by Crippen LogP contribution is 2.10. The second kappa shape index (κ2) is 4.79. The van der Waals surface area contributed by atoms with Crippen LogP contribution in [0.25, 0.3) is 0 Å². The van der Waals surface area contributed by atoms with Crippen molar-refractivity contribution in [3.63, 3.8) is 0 Å². The van der Waals surface area contributed by atoms with Crippen molar-refractivity contribution in [3.8, 4) is 5.75 Å². The molecule has 2 aromatic rings. The van der Waals surface area contributed by atoms with Crippen LogP contribution in [0.15, 0.2) is 30.6 Å². The van der Waals surface area contributed by atoms with Crippen LogP contribution in [0.1, 0.15) is 18.3 Å². The van der Waals surface area contributed by atoms with E-state index in [1.165, 1.54) is 0 Å². The van der Waals surface area contributed by atoms with Crippen LogP contribution in [0, 0.1) is 6.92 Å². The molecule has 84 valence electrons. The molecule has 16 heavy (non-hydrogen) atoms. The topological polar surface area (TPSA) is 39.9 Å². The minimum atomic E-state index is 0.483. The lowest BCUT2D eigenvalue weighted by molar-refractivity contribution is 0.300. The number of hydrogen-bond acceptors (Lipinski definition) is 3. The van der Waals surface area contributed by atoms with Gasteiger partial charge in [-0.05, 0) is 26.0 Å². The van der Waals surface area contributed by atoms with Gasteiger partial charge >= 0.3 is 0 Å². The van der Waals surface area contributed by atoms with Crippen LogP contribution in [0.5, 0.6) is 5.75 Å². The van der Waals surface area contributed by atoms with Gasteiger partial charge in [0.1, 0.15) is 6.61 Å². The Morgan fingerprint density at radius 2 is 2.25 bits per heavy atom. The molecular weight excluding hydrogens is 202 g/mol. The molecule has 0 radical (unpaired) electrons. The fraction of sp³-hybridized carbons (Fsp3) is 0.333. The Labute approximate surface area is 94.9 Å². The molecule has 2 aromatic heterocycles. The molecule has 0 saturated heterocycles. The van der Waals surface area contributed by atoms with Gasteiger partial charge in [0.05, 0.1) is 18.1 Å². The fourth-order valence-corrected chi connectivity index (χ4v) is 1.43. The molecule has 0 bridgehead atoms. The van der Waals surface area contributed by atoms with Crippen LogP contribution in [-0.2, 0) is 13.2 Å². The third-order valence-electron chi connectivity index (χ3n) is 2.27. The van der Waals surface area contributed by atoms with Gasteiger partial charge in [0, 0.05) is 12.2 Å². The van der Waals surface area contributed by atoms with Gasteiger partial charge in [-0.2, -0.15) is 5.10 Å². The van der Waals surface area contributed by atoms with Gasteiger partial charge in [0.15, 0.2) is 5.75 Å². The second-order valence-electron chi connectivity index (χ2n) is 3.59. The van der Waals surface area contributed by atoms with Crippen LogP contribution < -0.4 is 4.74 Å². The van der Waals surface area contributed by atoms with Crippen LogP contribution >= 0.6 is 0 Å². The minimum absolute atomic E-state index is 0.483. The molecule has 0 atom stereocenters. The number of nitrogens with zero attached hydrogens (tertiary/aromatic N) is 3. The molecule has 0 amide bonds. The van der Waals surface area contributed by atoms with Crippen molar-refractivity contribution in [1.29, 1.82) is 0 Å². The number of ether oxygens (including phenoxy) is 1. The largest absolute Gasteiger partial charge is 0.484 e. The Morgan fingerprint density at radius 3 is 2.94 bits per heavy atom. The summed E-state index contributed by atoms with van der Waals surface area (Å²) < 4.78 is 7.42. The lowest BCUT2D eigenvalue weighted by atomic mass is 10.3. The average molecular weight is 217 g/mol. The maximum absolute atomic E-state index is 5.58. The van der Waals surface area contributed by atoms with Crippen molar-refractivity contribution < 1.29 is 4.74 Å².